The Labute approximate surface area is 159 Å². The summed E-state index contributed by atoms with van der Waals surface area (Å²) in [6.45, 7) is 1.96. The van der Waals surface area contributed by atoms with Crippen molar-refractivity contribution in [2.75, 3.05) is 5.32 Å². The lowest BCUT2D eigenvalue weighted by Gasteiger charge is -2.09. The molecule has 0 radical (unpaired) electrons. The van der Waals surface area contributed by atoms with Crippen molar-refractivity contribution in [2.24, 2.45) is 0 Å². The Kier molecular flexibility index (Phi) is 4.31. The third-order valence-electron chi connectivity index (χ3n) is 4.28. The Morgan fingerprint density at radius 1 is 1.04 bits per heavy atom. The van der Waals surface area contributed by atoms with E-state index in [0.29, 0.717) is 5.56 Å². The summed E-state index contributed by atoms with van der Waals surface area (Å²) < 4.78 is 3.00. The molecule has 0 fully saturated rings. The minimum absolute atomic E-state index is 0.147. The number of imidazole rings is 1. The zero-order valence-corrected chi connectivity index (χ0v) is 15.7. The molecule has 4 rings (SSSR count). The lowest BCUT2D eigenvalue weighted by Crippen LogP contribution is -2.12. The number of hydrogen-bond donors (Lipinski definition) is 1. The molecule has 1 aromatic heterocycles. The van der Waals surface area contributed by atoms with Gasteiger partial charge < -0.3 is 5.32 Å². The number of benzene rings is 3. The Morgan fingerprint density at radius 3 is 2.62 bits per heavy atom. The van der Waals surface area contributed by atoms with Crippen molar-refractivity contribution in [3.8, 4) is 5.69 Å². The van der Waals surface area contributed by atoms with E-state index in [9.17, 15) is 4.79 Å². The summed E-state index contributed by atoms with van der Waals surface area (Å²) in [6.07, 6.45) is 1.78. The zero-order valence-electron chi connectivity index (χ0n) is 14.1. The molecule has 0 aliphatic heterocycles. The van der Waals surface area contributed by atoms with Crippen LogP contribution in [0.4, 0.5) is 5.69 Å². The average Bonchev–Trinajstić information content (AvgIpc) is 3.08. The molecule has 26 heavy (non-hydrogen) atoms. The molecule has 0 aliphatic rings. The van der Waals surface area contributed by atoms with E-state index in [1.165, 1.54) is 0 Å². The Morgan fingerprint density at radius 2 is 1.85 bits per heavy atom. The highest BCUT2D eigenvalue weighted by Crippen LogP contribution is 2.22. The minimum Gasteiger partial charge on any atom is -0.322 e. The van der Waals surface area contributed by atoms with Gasteiger partial charge in [-0.1, -0.05) is 34.1 Å². The Hall–Kier alpha value is -2.92. The van der Waals surface area contributed by atoms with Crippen LogP contribution in [0.5, 0.6) is 0 Å². The van der Waals surface area contributed by atoms with Crippen molar-refractivity contribution >= 4 is 38.6 Å². The number of rotatable bonds is 3. The van der Waals surface area contributed by atoms with Crippen molar-refractivity contribution in [1.82, 2.24) is 9.55 Å². The molecule has 0 atom stereocenters. The first kappa shape index (κ1) is 16.5. The number of nitrogens with one attached hydrogen (secondary N) is 1. The number of nitrogens with zero attached hydrogens (tertiary/aromatic N) is 2. The highest BCUT2D eigenvalue weighted by atomic mass is 79.9. The third-order valence-corrected chi connectivity index (χ3v) is 4.77. The molecule has 0 aliphatic carbocycles. The van der Waals surface area contributed by atoms with E-state index < -0.39 is 0 Å². The quantitative estimate of drug-likeness (QED) is 0.499. The molecular weight excluding hydrogens is 390 g/mol. The fourth-order valence-corrected chi connectivity index (χ4v) is 3.39. The fraction of sp³-hybridized carbons (Fsp3) is 0.0476. The van der Waals surface area contributed by atoms with Gasteiger partial charge in [0.25, 0.3) is 5.91 Å². The number of amides is 1. The molecule has 1 amide bonds. The van der Waals surface area contributed by atoms with Gasteiger partial charge in [0, 0.05) is 21.4 Å². The molecule has 128 valence electrons. The second kappa shape index (κ2) is 6.77. The van der Waals surface area contributed by atoms with Crippen molar-refractivity contribution in [1.29, 1.82) is 0 Å². The number of aromatic nitrogens is 2. The van der Waals surface area contributed by atoms with Crippen LogP contribution in [0.25, 0.3) is 16.7 Å². The molecule has 4 nitrogen and oxygen atoms in total. The molecule has 0 spiro atoms. The van der Waals surface area contributed by atoms with Gasteiger partial charge in [-0.05, 0) is 61.0 Å². The van der Waals surface area contributed by atoms with Gasteiger partial charge in [-0.2, -0.15) is 0 Å². The average molecular weight is 406 g/mol. The summed E-state index contributed by atoms with van der Waals surface area (Å²) in [5.74, 6) is -0.147. The Balaban J connectivity index is 1.64. The van der Waals surface area contributed by atoms with Crippen molar-refractivity contribution in [3.63, 3.8) is 0 Å². The van der Waals surface area contributed by atoms with Gasteiger partial charge in [0.1, 0.15) is 6.33 Å². The highest BCUT2D eigenvalue weighted by Gasteiger charge is 2.11. The molecule has 0 unspecified atom stereocenters. The molecule has 4 aromatic rings. The maximum atomic E-state index is 12.6. The van der Waals surface area contributed by atoms with Crippen LogP contribution in [0.2, 0.25) is 0 Å². The van der Waals surface area contributed by atoms with Crippen LogP contribution in [0.1, 0.15) is 15.9 Å². The van der Waals surface area contributed by atoms with Gasteiger partial charge >= 0.3 is 0 Å². The van der Waals surface area contributed by atoms with Crippen LogP contribution in [0.15, 0.2) is 77.5 Å². The number of para-hydroxylation sites is 1. The lowest BCUT2D eigenvalue weighted by molar-refractivity contribution is 0.102. The largest absolute Gasteiger partial charge is 0.322 e. The number of aryl methyl sites for hydroxylation is 1. The minimum atomic E-state index is -0.147. The van der Waals surface area contributed by atoms with Crippen LogP contribution in [0.3, 0.4) is 0 Å². The van der Waals surface area contributed by atoms with E-state index in [-0.39, 0.29) is 5.91 Å². The van der Waals surface area contributed by atoms with Crippen LogP contribution in [-0.2, 0) is 0 Å². The molecular formula is C21H16BrN3O. The first-order valence-corrected chi connectivity index (χ1v) is 9.01. The predicted octanol–water partition coefficient (Wildman–Crippen LogP) is 5.35. The van der Waals surface area contributed by atoms with Crippen LogP contribution in [0, 0.1) is 6.92 Å². The van der Waals surface area contributed by atoms with Crippen molar-refractivity contribution < 1.29 is 4.79 Å². The van der Waals surface area contributed by atoms with Crippen LogP contribution in [-0.4, -0.2) is 15.5 Å². The number of halogens is 1. The Bertz CT molecular complexity index is 1100. The summed E-state index contributed by atoms with van der Waals surface area (Å²) in [4.78, 5) is 17.1. The molecule has 0 saturated heterocycles. The van der Waals surface area contributed by atoms with Gasteiger partial charge in [0.15, 0.2) is 0 Å². The van der Waals surface area contributed by atoms with E-state index in [0.717, 1.165) is 32.4 Å². The summed E-state index contributed by atoms with van der Waals surface area (Å²) in [5.41, 5.74) is 5.17. The van der Waals surface area contributed by atoms with Crippen molar-refractivity contribution in [3.05, 3.63) is 88.7 Å². The first-order valence-electron chi connectivity index (χ1n) is 8.22. The maximum absolute atomic E-state index is 12.6. The number of carbonyl (C=O) groups excluding carboxylic acids is 1. The molecule has 3 aromatic carbocycles. The second-order valence-electron chi connectivity index (χ2n) is 6.07. The van der Waals surface area contributed by atoms with Crippen LogP contribution >= 0.6 is 15.9 Å². The first-order chi connectivity index (χ1) is 12.6. The normalized spacial score (nSPS) is 10.8. The van der Waals surface area contributed by atoms with E-state index in [2.05, 4.69) is 26.2 Å². The number of anilines is 1. The predicted molar refractivity (Wildman–Crippen MR) is 108 cm³/mol. The van der Waals surface area contributed by atoms with Crippen molar-refractivity contribution in [2.45, 2.75) is 6.92 Å². The number of hydrogen-bond acceptors (Lipinski definition) is 2. The fourth-order valence-electron chi connectivity index (χ4n) is 2.91. The molecule has 1 N–H and O–H groups in total. The van der Waals surface area contributed by atoms with Gasteiger partial charge in [0.05, 0.1) is 11.0 Å². The summed E-state index contributed by atoms with van der Waals surface area (Å²) >= 11 is 3.43. The van der Waals surface area contributed by atoms with E-state index in [4.69, 9.17) is 0 Å². The highest BCUT2D eigenvalue weighted by molar-refractivity contribution is 9.10. The van der Waals surface area contributed by atoms with Gasteiger partial charge in [-0.3, -0.25) is 9.36 Å². The lowest BCUT2D eigenvalue weighted by atomic mass is 10.1. The topological polar surface area (TPSA) is 46.9 Å². The molecule has 5 heteroatoms. The van der Waals surface area contributed by atoms with E-state index in [1.807, 2.05) is 78.2 Å². The smallest absolute Gasteiger partial charge is 0.255 e. The second-order valence-corrected chi connectivity index (χ2v) is 6.98. The molecule has 0 bridgehead atoms. The van der Waals surface area contributed by atoms with Gasteiger partial charge in [0.2, 0.25) is 0 Å². The molecule has 1 heterocycles. The zero-order chi connectivity index (χ0) is 18.1. The van der Waals surface area contributed by atoms with E-state index >= 15 is 0 Å². The third kappa shape index (κ3) is 3.13. The number of fused-ring (bicyclic) bond motifs is 1. The molecule has 0 saturated carbocycles. The van der Waals surface area contributed by atoms with Gasteiger partial charge in [-0.25, -0.2) is 4.98 Å². The monoisotopic (exact) mass is 405 g/mol. The summed E-state index contributed by atoms with van der Waals surface area (Å²) in [6, 6.07) is 21.4. The summed E-state index contributed by atoms with van der Waals surface area (Å²) in [5, 5.41) is 2.96. The van der Waals surface area contributed by atoms with Crippen LogP contribution < -0.4 is 5.32 Å². The van der Waals surface area contributed by atoms with Gasteiger partial charge in [-0.15, -0.1) is 0 Å². The summed E-state index contributed by atoms with van der Waals surface area (Å²) in [7, 11) is 0. The maximum Gasteiger partial charge on any atom is 0.255 e. The standard InChI is InChI=1S/C21H16BrN3O/c1-14-11-16(22)8-9-18(14)24-21(26)15-7-10-20-19(12-15)23-13-25(20)17-5-3-2-4-6-17/h2-13H,1H3,(H,24,26). The number of carbonyl (C=O) groups is 1. The van der Waals surface area contributed by atoms with E-state index in [1.54, 1.807) is 6.33 Å². The SMILES string of the molecule is Cc1cc(Br)ccc1NC(=O)c1ccc2c(c1)ncn2-c1ccccc1.